The van der Waals surface area contributed by atoms with Gasteiger partial charge in [0.15, 0.2) is 21.3 Å². The zero-order chi connectivity index (χ0) is 50.6. The normalized spacial score (nSPS) is 21.6. The van der Waals surface area contributed by atoms with Crippen LogP contribution in [-0.4, -0.2) is 69.7 Å². The van der Waals surface area contributed by atoms with Crippen LogP contribution in [0, 0.1) is 34.8 Å². The van der Waals surface area contributed by atoms with E-state index in [2.05, 4.69) is 32.1 Å². The first-order valence-electron chi connectivity index (χ1n) is 21.8. The Morgan fingerprint density at radius 1 is 0.971 bits per heavy atom. The van der Waals surface area contributed by atoms with Crippen LogP contribution >= 0.6 is 11.6 Å². The van der Waals surface area contributed by atoms with Gasteiger partial charge in [0.1, 0.15) is 40.9 Å². The van der Waals surface area contributed by atoms with E-state index in [1.54, 1.807) is 0 Å². The molecule has 2 aromatic carbocycles. The average Bonchev–Trinajstić information content (AvgIpc) is 4.16. The van der Waals surface area contributed by atoms with E-state index in [0.29, 0.717) is 41.1 Å². The van der Waals surface area contributed by atoms with E-state index in [1.165, 1.54) is 26.0 Å². The molecular formula is C45H38ClF10N7O5S2. The van der Waals surface area contributed by atoms with Gasteiger partial charge in [-0.15, -0.1) is 0 Å². The van der Waals surface area contributed by atoms with Crippen molar-refractivity contribution in [3.63, 3.8) is 0 Å². The highest BCUT2D eigenvalue weighted by Crippen LogP contribution is 2.95. The number of alkyl halides is 8. The number of rotatable bonds is 12. The van der Waals surface area contributed by atoms with Gasteiger partial charge in [-0.3, -0.25) is 18.9 Å². The molecule has 5 aliphatic carbocycles. The van der Waals surface area contributed by atoms with Crippen molar-refractivity contribution < 1.29 is 65.5 Å². The average molecular weight is 1050 g/mol. The van der Waals surface area contributed by atoms with Gasteiger partial charge in [-0.05, 0) is 106 Å². The predicted molar refractivity (Wildman–Crippen MR) is 233 cm³/mol. The second-order valence-electron chi connectivity index (χ2n) is 19.1. The summed E-state index contributed by atoms with van der Waals surface area (Å²) in [7, 11) is -8.05. The minimum atomic E-state index is -5.18. The van der Waals surface area contributed by atoms with Crippen molar-refractivity contribution in [2.75, 3.05) is 11.0 Å². The molecule has 3 saturated carbocycles. The summed E-state index contributed by atoms with van der Waals surface area (Å²) < 4.78 is 202. The lowest BCUT2D eigenvalue weighted by atomic mass is 9.88. The maximum atomic E-state index is 16.1. The van der Waals surface area contributed by atoms with E-state index in [4.69, 9.17) is 16.6 Å². The molecule has 0 bridgehead atoms. The topological polar surface area (TPSA) is 158 Å². The van der Waals surface area contributed by atoms with Gasteiger partial charge in [0.25, 0.3) is 5.92 Å². The predicted octanol–water partition coefficient (Wildman–Crippen LogP) is 8.68. The van der Waals surface area contributed by atoms with E-state index >= 15 is 8.78 Å². The van der Waals surface area contributed by atoms with E-state index in [0.717, 1.165) is 18.4 Å². The molecule has 3 heterocycles. The van der Waals surface area contributed by atoms with Crippen molar-refractivity contribution in [2.24, 2.45) is 11.3 Å². The number of halogens is 11. The minimum absolute atomic E-state index is 0.0224. The van der Waals surface area contributed by atoms with Crippen LogP contribution in [0.5, 0.6) is 0 Å². The van der Waals surface area contributed by atoms with Crippen LogP contribution in [0.15, 0.2) is 30.3 Å². The molecule has 3 aromatic heterocycles. The van der Waals surface area contributed by atoms with Crippen molar-refractivity contribution in [1.29, 1.82) is 0 Å². The van der Waals surface area contributed by atoms with Crippen LogP contribution in [0.2, 0.25) is 5.02 Å². The fourth-order valence-electron chi connectivity index (χ4n) is 10.6. The zero-order valence-corrected chi connectivity index (χ0v) is 39.2. The molecule has 0 saturated heterocycles. The summed E-state index contributed by atoms with van der Waals surface area (Å²) in [5, 5.41) is 8.81. The molecule has 4 atom stereocenters. The Kier molecular flexibility index (Phi) is 10.7. The molecule has 70 heavy (non-hydrogen) atoms. The summed E-state index contributed by atoms with van der Waals surface area (Å²) in [6.07, 6.45) is -8.51. The molecule has 10 rings (SSSR count). The second-order valence-corrected chi connectivity index (χ2v) is 24.1. The highest BCUT2D eigenvalue weighted by Gasteiger charge is 2.94. The van der Waals surface area contributed by atoms with Gasteiger partial charge in [0.2, 0.25) is 15.9 Å². The zero-order valence-electron chi connectivity index (χ0n) is 36.8. The standard InChI is InChI=1S/C45H38ClF10N7O5S2/c1-41(2,70(67,68)23-7-8-23)12-11-29-24-5-4-6-25(24)32(26-9-10-28(46)33-37(26)63(19-43(49,50)51)60-40(33)61-69(3,65)66)36(58-29)30(15-20-13-21(47)16-22(48)14-20)57-31(64)18-62-39-34(38(59-62)45(54,55)56)35-27-17-42(27,35)44(39,52)53/h9-10,13-14,16,23,27,30,35H,4-8,15,17-19H2,1-3H3,(H,57,64)(H,60,61)/t27?,30-,35+,42-/m0/s1. The molecule has 1 unspecified atom stereocenters. The number of anilines is 1. The molecule has 372 valence electrons. The molecule has 0 aliphatic heterocycles. The van der Waals surface area contributed by atoms with E-state index < -0.39 is 137 Å². The number of nitrogens with one attached hydrogen (secondary N) is 2. The first kappa shape index (κ1) is 48.2. The summed E-state index contributed by atoms with van der Waals surface area (Å²) in [5.74, 6) is -3.92. The van der Waals surface area contributed by atoms with E-state index in [1.807, 2.05) is 0 Å². The van der Waals surface area contributed by atoms with Crippen LogP contribution in [-0.2, 0) is 69.1 Å². The number of hydrogen-bond donors (Lipinski definition) is 2. The minimum Gasteiger partial charge on any atom is -0.346 e. The monoisotopic (exact) mass is 1050 g/mol. The van der Waals surface area contributed by atoms with Crippen molar-refractivity contribution in [2.45, 2.75) is 112 Å². The van der Waals surface area contributed by atoms with Gasteiger partial charge in [0, 0.05) is 28.7 Å². The SMILES string of the molecule is CC(C)(C#Cc1nc([C@H](Cc2cc(F)cc(F)c2)NC(=O)Cn2nc(C(F)(F)F)c3c2C(F)(F)[C@@]24CC2[C@H]34)c(-c2ccc(Cl)c3c(NS(C)(=O)=O)nn(CC(F)(F)F)c23)c2c1CCC2)S(=O)(=O)C1CC1. The lowest BCUT2D eigenvalue weighted by Gasteiger charge is -2.25. The summed E-state index contributed by atoms with van der Waals surface area (Å²) in [5.41, 5.74) is -5.34. The van der Waals surface area contributed by atoms with Crippen LogP contribution in [0.3, 0.4) is 0 Å². The Balaban J connectivity index is 1.20. The third kappa shape index (κ3) is 7.88. The highest BCUT2D eigenvalue weighted by atomic mass is 35.5. The lowest BCUT2D eigenvalue weighted by Crippen LogP contribution is -2.35. The van der Waals surface area contributed by atoms with Crippen molar-refractivity contribution in [3.05, 3.63) is 92.0 Å². The van der Waals surface area contributed by atoms with E-state index in [-0.39, 0.29) is 62.4 Å². The number of sulfone groups is 1. The Bertz CT molecular complexity index is 3390. The number of benzene rings is 2. The summed E-state index contributed by atoms with van der Waals surface area (Å²) in [6, 6.07) is 3.15. The number of fused-ring (bicyclic) bond motifs is 5. The Morgan fingerprint density at radius 3 is 2.26 bits per heavy atom. The smallest absolute Gasteiger partial charge is 0.346 e. The number of aromatic nitrogens is 5. The Labute approximate surface area is 397 Å². The van der Waals surface area contributed by atoms with Gasteiger partial charge in [-0.2, -0.15) is 45.3 Å². The number of carbonyl (C=O) groups is 1. The van der Waals surface area contributed by atoms with Crippen LogP contribution in [0.1, 0.15) is 96.5 Å². The van der Waals surface area contributed by atoms with Crippen LogP contribution in [0.25, 0.3) is 22.0 Å². The fraction of sp³-hybridized carbons (Fsp3) is 0.467. The number of nitrogens with zero attached hydrogens (tertiary/aromatic N) is 5. The fourth-order valence-corrected chi connectivity index (χ4v) is 13.1. The van der Waals surface area contributed by atoms with Crippen LogP contribution in [0.4, 0.5) is 49.7 Å². The number of hydrogen-bond acceptors (Lipinski definition) is 8. The largest absolute Gasteiger partial charge is 0.435 e. The molecule has 12 nitrogen and oxygen atoms in total. The summed E-state index contributed by atoms with van der Waals surface area (Å²) in [4.78, 5) is 19.2. The molecule has 2 N–H and O–H groups in total. The maximum absolute atomic E-state index is 16.1. The molecule has 1 spiro atoms. The number of pyridine rings is 1. The Morgan fingerprint density at radius 2 is 1.64 bits per heavy atom. The molecule has 25 heteroatoms. The maximum Gasteiger partial charge on any atom is 0.435 e. The molecule has 0 radical (unpaired) electrons. The second kappa shape index (κ2) is 15.5. The van der Waals surface area contributed by atoms with Gasteiger partial charge >= 0.3 is 12.4 Å². The number of sulfonamides is 1. The third-order valence-electron chi connectivity index (χ3n) is 13.9. The first-order chi connectivity index (χ1) is 32.4. The van der Waals surface area contributed by atoms with Gasteiger partial charge in [0.05, 0.1) is 44.6 Å². The molecular weight excluding hydrogens is 1010 g/mol. The van der Waals surface area contributed by atoms with Gasteiger partial charge < -0.3 is 5.32 Å². The van der Waals surface area contributed by atoms with Crippen molar-refractivity contribution in [1.82, 2.24) is 29.9 Å². The molecule has 5 aliphatic rings. The lowest BCUT2D eigenvalue weighted by molar-refractivity contribution is -0.143. The molecule has 5 aromatic rings. The number of amides is 1. The first-order valence-corrected chi connectivity index (χ1v) is 25.6. The van der Waals surface area contributed by atoms with E-state index in [9.17, 15) is 56.8 Å². The van der Waals surface area contributed by atoms with Crippen LogP contribution < -0.4 is 10.0 Å². The summed E-state index contributed by atoms with van der Waals surface area (Å²) >= 11 is 6.61. The van der Waals surface area contributed by atoms with Gasteiger partial charge in [-0.1, -0.05) is 23.6 Å². The molecule has 3 fully saturated rings. The van der Waals surface area contributed by atoms with Crippen molar-refractivity contribution >= 4 is 54.1 Å². The summed E-state index contributed by atoms with van der Waals surface area (Å²) in [6.45, 7) is -0.248. The quantitative estimate of drug-likeness (QED) is 0.0929. The van der Waals surface area contributed by atoms with Gasteiger partial charge in [-0.25, -0.2) is 30.6 Å². The van der Waals surface area contributed by atoms with Crippen molar-refractivity contribution in [3.8, 4) is 23.0 Å². The third-order valence-corrected chi connectivity index (χ3v) is 17.6. The molecule has 1 amide bonds. The Hall–Kier alpha value is -5.41. The number of carbonyl (C=O) groups excluding carboxylic acids is 1. The highest BCUT2D eigenvalue weighted by molar-refractivity contribution is 7.93.